The number of benzene rings is 2. The number of allylic oxidation sites excluding steroid dienone is 1. The lowest BCUT2D eigenvalue weighted by molar-refractivity contribution is 0.483. The summed E-state index contributed by atoms with van der Waals surface area (Å²) in [4.78, 5) is 8.74. The number of ether oxygens (including phenoxy) is 1. The van der Waals surface area contributed by atoms with Crippen LogP contribution < -0.4 is 20.7 Å². The van der Waals surface area contributed by atoms with E-state index in [4.69, 9.17) is 4.74 Å². The lowest BCUT2D eigenvalue weighted by Crippen LogP contribution is -2.12. The number of amidine groups is 1. The highest BCUT2D eigenvalue weighted by molar-refractivity contribution is 6.04. The molecule has 30 heavy (non-hydrogen) atoms. The molecule has 0 atom stereocenters. The lowest BCUT2D eigenvalue weighted by atomic mass is 10.2. The minimum absolute atomic E-state index is 0.625. The molecule has 0 aliphatic rings. The number of para-hydroxylation sites is 1. The molecule has 3 N–H and O–H groups in total. The highest BCUT2D eigenvalue weighted by Gasteiger charge is 2.02. The van der Waals surface area contributed by atoms with Gasteiger partial charge in [0.05, 0.1) is 0 Å². The van der Waals surface area contributed by atoms with Crippen molar-refractivity contribution < 1.29 is 4.74 Å². The molecule has 6 heteroatoms. The molecule has 0 spiro atoms. The van der Waals surface area contributed by atoms with Crippen molar-refractivity contribution in [2.24, 2.45) is 4.99 Å². The van der Waals surface area contributed by atoms with E-state index < -0.39 is 0 Å². The van der Waals surface area contributed by atoms with Crippen molar-refractivity contribution in [2.45, 2.75) is 6.92 Å². The highest BCUT2D eigenvalue weighted by atomic mass is 16.5. The van der Waals surface area contributed by atoms with Gasteiger partial charge in [0.2, 0.25) is 0 Å². The van der Waals surface area contributed by atoms with Crippen molar-refractivity contribution in [2.75, 3.05) is 23.0 Å². The average Bonchev–Trinajstić information content (AvgIpc) is 2.76. The third-order valence-electron chi connectivity index (χ3n) is 4.02. The Hall–Kier alpha value is -4.06. The Morgan fingerprint density at radius 1 is 0.900 bits per heavy atom. The Morgan fingerprint density at radius 3 is 2.30 bits per heavy atom. The van der Waals surface area contributed by atoms with Gasteiger partial charge < -0.3 is 20.7 Å². The molecule has 0 unspecified atom stereocenters. The molecule has 2 aromatic carbocycles. The monoisotopic (exact) mass is 399 g/mol. The number of nitrogens with zero attached hydrogens (tertiary/aromatic N) is 2. The predicted molar refractivity (Wildman–Crippen MR) is 125 cm³/mol. The van der Waals surface area contributed by atoms with Gasteiger partial charge in [-0.1, -0.05) is 30.8 Å². The molecule has 0 saturated carbocycles. The zero-order chi connectivity index (χ0) is 21.2. The van der Waals surface area contributed by atoms with E-state index in [1.54, 1.807) is 0 Å². The summed E-state index contributed by atoms with van der Waals surface area (Å²) < 4.78 is 5.83. The molecule has 0 aliphatic heterocycles. The van der Waals surface area contributed by atoms with Crippen LogP contribution >= 0.6 is 0 Å². The van der Waals surface area contributed by atoms with Crippen molar-refractivity contribution in [3.05, 3.63) is 97.3 Å². The molecule has 0 radical (unpaired) electrons. The highest BCUT2D eigenvalue weighted by Crippen LogP contribution is 2.23. The Morgan fingerprint density at radius 2 is 1.60 bits per heavy atom. The van der Waals surface area contributed by atoms with E-state index in [-0.39, 0.29) is 0 Å². The fraction of sp³-hybridized carbons (Fsp3) is 0.0833. The van der Waals surface area contributed by atoms with Crippen LogP contribution in [0.15, 0.2) is 102 Å². The van der Waals surface area contributed by atoms with E-state index in [2.05, 4.69) is 32.5 Å². The van der Waals surface area contributed by atoms with Crippen LogP contribution in [0.2, 0.25) is 0 Å². The van der Waals surface area contributed by atoms with Crippen molar-refractivity contribution in [3.63, 3.8) is 0 Å². The third-order valence-corrected chi connectivity index (χ3v) is 4.02. The molecule has 0 amide bonds. The van der Waals surface area contributed by atoms with E-state index in [1.807, 2.05) is 92.8 Å². The zero-order valence-corrected chi connectivity index (χ0v) is 17.1. The molecule has 3 rings (SSSR count). The van der Waals surface area contributed by atoms with Crippen LogP contribution in [0, 0.1) is 0 Å². The van der Waals surface area contributed by atoms with E-state index in [0.29, 0.717) is 11.7 Å². The number of pyridine rings is 1. The van der Waals surface area contributed by atoms with E-state index in [1.165, 1.54) is 6.20 Å². The first-order valence-electron chi connectivity index (χ1n) is 9.55. The maximum absolute atomic E-state index is 5.83. The quantitative estimate of drug-likeness (QED) is 0.326. The maximum atomic E-state index is 5.83. The van der Waals surface area contributed by atoms with Crippen molar-refractivity contribution in [3.8, 4) is 11.5 Å². The van der Waals surface area contributed by atoms with Gasteiger partial charge in [-0.2, -0.15) is 0 Å². The van der Waals surface area contributed by atoms with Gasteiger partial charge in [-0.15, -0.1) is 0 Å². The van der Waals surface area contributed by atoms with Crippen LogP contribution in [-0.4, -0.2) is 17.9 Å². The summed E-state index contributed by atoms with van der Waals surface area (Å²) in [5.41, 5.74) is 1.85. The molecule has 0 saturated heterocycles. The smallest absolute Gasteiger partial charge is 0.133 e. The number of rotatable bonds is 8. The van der Waals surface area contributed by atoms with Crippen molar-refractivity contribution in [1.29, 1.82) is 0 Å². The molecular weight excluding hydrogens is 374 g/mol. The Bertz CT molecular complexity index is 1030. The number of hydrogen-bond donors (Lipinski definition) is 3. The second kappa shape index (κ2) is 10.5. The van der Waals surface area contributed by atoms with E-state index in [0.717, 1.165) is 28.7 Å². The van der Waals surface area contributed by atoms with Gasteiger partial charge >= 0.3 is 0 Å². The molecule has 0 fully saturated rings. The van der Waals surface area contributed by atoms with Gasteiger partial charge in [0.25, 0.3) is 0 Å². The normalized spacial score (nSPS) is 11.5. The van der Waals surface area contributed by atoms with Crippen molar-refractivity contribution >= 4 is 23.2 Å². The van der Waals surface area contributed by atoms with Crippen molar-refractivity contribution in [1.82, 2.24) is 4.98 Å². The van der Waals surface area contributed by atoms with Crippen LogP contribution in [0.3, 0.4) is 0 Å². The Balaban J connectivity index is 1.65. The number of aliphatic imine (C=N–C) groups is 1. The molecule has 1 aromatic heterocycles. The fourth-order valence-corrected chi connectivity index (χ4v) is 2.68. The van der Waals surface area contributed by atoms with Crippen LogP contribution in [0.25, 0.3) is 0 Å². The molecule has 0 aliphatic carbocycles. The standard InChI is InChI=1S/C24H25N5O/c1-4-26-24(29-23-12-8-11-22(25-3)28-23)17-18(2)27-19-13-15-21(16-14-19)30-20-9-6-5-7-10-20/h4-17,27H,1H2,2-3H3,(H2,25,26,28,29)/b18-17+. The molecular formula is C24H25N5O. The first kappa shape index (κ1) is 20.7. The maximum Gasteiger partial charge on any atom is 0.133 e. The molecule has 0 bridgehead atoms. The van der Waals surface area contributed by atoms with Gasteiger partial charge in [0, 0.05) is 24.6 Å². The first-order valence-corrected chi connectivity index (χ1v) is 9.55. The Labute approximate surface area is 177 Å². The summed E-state index contributed by atoms with van der Waals surface area (Å²) in [6.45, 7) is 5.65. The summed E-state index contributed by atoms with van der Waals surface area (Å²) in [6.07, 6.45) is 3.38. The summed E-state index contributed by atoms with van der Waals surface area (Å²) in [5.74, 6) is 3.67. The summed E-state index contributed by atoms with van der Waals surface area (Å²) in [5, 5.41) is 9.56. The van der Waals surface area contributed by atoms with Gasteiger partial charge in [0.15, 0.2) is 0 Å². The SMILES string of the molecule is C=CN=C(/C=C(\C)Nc1ccc(Oc2ccccc2)cc1)Nc1cccc(NC)n1. The van der Waals surface area contributed by atoms with Gasteiger partial charge in [-0.05, 0) is 61.5 Å². The van der Waals surface area contributed by atoms with Gasteiger partial charge in [0.1, 0.15) is 29.0 Å². The third kappa shape index (κ3) is 6.24. The minimum Gasteiger partial charge on any atom is -0.457 e. The fourth-order valence-electron chi connectivity index (χ4n) is 2.68. The number of anilines is 3. The largest absolute Gasteiger partial charge is 0.457 e. The summed E-state index contributed by atoms with van der Waals surface area (Å²) >= 11 is 0. The molecule has 3 aromatic rings. The number of aromatic nitrogens is 1. The minimum atomic E-state index is 0.625. The predicted octanol–water partition coefficient (Wildman–Crippen LogP) is 5.89. The first-order chi connectivity index (χ1) is 14.7. The summed E-state index contributed by atoms with van der Waals surface area (Å²) in [7, 11) is 1.83. The molecule has 6 nitrogen and oxygen atoms in total. The van der Waals surface area contributed by atoms with E-state index in [9.17, 15) is 0 Å². The average molecular weight is 399 g/mol. The topological polar surface area (TPSA) is 70.6 Å². The van der Waals surface area contributed by atoms with Crippen LogP contribution in [0.5, 0.6) is 11.5 Å². The van der Waals surface area contributed by atoms with Crippen LogP contribution in [0.1, 0.15) is 6.92 Å². The second-order valence-electron chi connectivity index (χ2n) is 6.37. The number of nitrogens with one attached hydrogen (secondary N) is 3. The Kier molecular flexibility index (Phi) is 7.22. The lowest BCUT2D eigenvalue weighted by Gasteiger charge is -2.11. The van der Waals surface area contributed by atoms with Crippen LogP contribution in [-0.2, 0) is 0 Å². The second-order valence-corrected chi connectivity index (χ2v) is 6.37. The van der Waals surface area contributed by atoms with Crippen LogP contribution in [0.4, 0.5) is 17.3 Å². The van der Waals surface area contributed by atoms with Gasteiger partial charge in [-0.3, -0.25) is 0 Å². The number of hydrogen-bond acceptors (Lipinski definition) is 5. The molecule has 152 valence electrons. The summed E-state index contributed by atoms with van der Waals surface area (Å²) in [6, 6.07) is 23.2. The molecule has 1 heterocycles. The van der Waals surface area contributed by atoms with E-state index >= 15 is 0 Å². The van der Waals surface area contributed by atoms with Gasteiger partial charge in [-0.25, -0.2) is 9.98 Å². The zero-order valence-electron chi connectivity index (χ0n) is 17.1.